The number of hydrogen-bond donors (Lipinski definition) is 2. The molecule has 0 aromatic carbocycles. The summed E-state index contributed by atoms with van der Waals surface area (Å²) in [5, 5.41) is 13.5. The summed E-state index contributed by atoms with van der Waals surface area (Å²) in [6, 6.07) is 0. The Kier molecular flexibility index (Phi) is 1.69. The van der Waals surface area contributed by atoms with E-state index < -0.39 is 0 Å². The predicted octanol–water partition coefficient (Wildman–Crippen LogP) is 1.31. The van der Waals surface area contributed by atoms with E-state index in [0.29, 0.717) is 0 Å². The zero-order valence-electron chi connectivity index (χ0n) is 4.65. The average Bonchev–Trinajstić information content (AvgIpc) is 1.68. The smallest absolute Gasteiger partial charge is 0.0339 e. The van der Waals surface area contributed by atoms with E-state index in [2.05, 4.69) is 0 Å². The Morgan fingerprint density at radius 3 is 1.43 bits per heavy atom. The van der Waals surface area contributed by atoms with Crippen LogP contribution in [-0.4, -0.2) is 12.4 Å². The van der Waals surface area contributed by atoms with Gasteiger partial charge in [-0.05, 0) is 13.8 Å². The maximum atomic E-state index is 6.73. The molecule has 0 aromatic rings. The van der Waals surface area contributed by atoms with Crippen LogP contribution in [0.15, 0.2) is 0 Å². The van der Waals surface area contributed by atoms with E-state index in [-0.39, 0.29) is 5.41 Å². The van der Waals surface area contributed by atoms with Gasteiger partial charge < -0.3 is 10.8 Å². The van der Waals surface area contributed by atoms with Gasteiger partial charge in [0.1, 0.15) is 0 Å². The van der Waals surface area contributed by atoms with Crippen LogP contribution in [0.1, 0.15) is 13.8 Å². The van der Waals surface area contributed by atoms with Gasteiger partial charge in [0.2, 0.25) is 0 Å². The Labute approximate surface area is 43.6 Å². The second-order valence-electron chi connectivity index (χ2n) is 2.11. The van der Waals surface area contributed by atoms with Crippen molar-refractivity contribution in [2.24, 2.45) is 5.41 Å². The summed E-state index contributed by atoms with van der Waals surface area (Å²) >= 11 is 0. The minimum Gasteiger partial charge on any atom is -0.312 e. The highest BCUT2D eigenvalue weighted by Gasteiger charge is 2.07. The van der Waals surface area contributed by atoms with Crippen molar-refractivity contribution in [2.75, 3.05) is 0 Å². The topological polar surface area (TPSA) is 47.7 Å². The van der Waals surface area contributed by atoms with E-state index in [1.165, 1.54) is 12.4 Å². The first kappa shape index (κ1) is 6.34. The minimum absolute atomic E-state index is 0.333. The molecule has 7 heavy (non-hydrogen) atoms. The number of rotatable bonds is 2. The molecule has 0 heterocycles. The van der Waals surface area contributed by atoms with Crippen LogP contribution in [0, 0.1) is 16.2 Å². The van der Waals surface area contributed by atoms with E-state index in [1.807, 2.05) is 13.8 Å². The van der Waals surface area contributed by atoms with Crippen molar-refractivity contribution in [1.82, 2.24) is 0 Å². The van der Waals surface area contributed by atoms with Gasteiger partial charge in [-0.3, -0.25) is 0 Å². The molecule has 0 atom stereocenters. The second kappa shape index (κ2) is 1.87. The monoisotopic (exact) mass is 98.1 g/mol. The van der Waals surface area contributed by atoms with E-state index >= 15 is 0 Å². The largest absolute Gasteiger partial charge is 0.312 e. The van der Waals surface area contributed by atoms with Gasteiger partial charge in [0.15, 0.2) is 0 Å². The molecular weight excluding hydrogens is 88.1 g/mol. The summed E-state index contributed by atoms with van der Waals surface area (Å²) in [7, 11) is 0. The zero-order chi connectivity index (χ0) is 5.91. The first-order valence-corrected chi connectivity index (χ1v) is 2.15. The van der Waals surface area contributed by atoms with E-state index in [1.54, 1.807) is 0 Å². The normalized spacial score (nSPS) is 10.6. The lowest BCUT2D eigenvalue weighted by Crippen LogP contribution is -2.12. The lowest BCUT2D eigenvalue weighted by Gasteiger charge is -2.07. The summed E-state index contributed by atoms with van der Waals surface area (Å²) in [6.07, 6.45) is 2.50. The van der Waals surface area contributed by atoms with Crippen molar-refractivity contribution >= 4 is 12.4 Å². The Hall–Kier alpha value is -0.660. The van der Waals surface area contributed by atoms with Gasteiger partial charge in [-0.1, -0.05) is 0 Å². The van der Waals surface area contributed by atoms with Crippen molar-refractivity contribution in [3.63, 3.8) is 0 Å². The quantitative estimate of drug-likeness (QED) is 0.489. The minimum atomic E-state index is -0.333. The second-order valence-corrected chi connectivity index (χ2v) is 2.11. The molecule has 0 fully saturated rings. The first-order valence-electron chi connectivity index (χ1n) is 2.15. The van der Waals surface area contributed by atoms with Gasteiger partial charge in [-0.25, -0.2) is 0 Å². The van der Waals surface area contributed by atoms with Gasteiger partial charge in [0.05, 0.1) is 0 Å². The van der Waals surface area contributed by atoms with Crippen LogP contribution in [0.5, 0.6) is 0 Å². The maximum Gasteiger partial charge on any atom is 0.0339 e. The number of nitrogens with one attached hydrogen (secondary N) is 2. The van der Waals surface area contributed by atoms with Crippen LogP contribution < -0.4 is 0 Å². The van der Waals surface area contributed by atoms with Crippen LogP contribution in [0.25, 0.3) is 0 Å². The predicted molar refractivity (Wildman–Crippen MR) is 31.3 cm³/mol. The summed E-state index contributed by atoms with van der Waals surface area (Å²) in [6.45, 7) is 3.62. The molecule has 0 aromatic heterocycles. The SMILES string of the molecule is CC(C)(C=N)C=N. The molecule has 0 aliphatic carbocycles. The van der Waals surface area contributed by atoms with Crippen LogP contribution >= 0.6 is 0 Å². The van der Waals surface area contributed by atoms with Gasteiger partial charge in [-0.2, -0.15) is 0 Å². The molecule has 0 radical (unpaired) electrons. The molecule has 0 bridgehead atoms. The van der Waals surface area contributed by atoms with Crippen molar-refractivity contribution < 1.29 is 0 Å². The Balaban J connectivity index is 3.82. The summed E-state index contributed by atoms with van der Waals surface area (Å²) in [4.78, 5) is 0. The molecule has 2 N–H and O–H groups in total. The van der Waals surface area contributed by atoms with E-state index in [0.717, 1.165) is 0 Å². The maximum absolute atomic E-state index is 6.73. The van der Waals surface area contributed by atoms with E-state index in [9.17, 15) is 0 Å². The molecule has 0 saturated carbocycles. The summed E-state index contributed by atoms with van der Waals surface area (Å²) in [5.41, 5.74) is -0.333. The van der Waals surface area contributed by atoms with Gasteiger partial charge in [-0.15, -0.1) is 0 Å². The highest BCUT2D eigenvalue weighted by atomic mass is 14.4. The molecule has 0 aliphatic rings. The lowest BCUT2D eigenvalue weighted by atomic mass is 9.98. The zero-order valence-corrected chi connectivity index (χ0v) is 4.65. The molecule has 2 heteroatoms. The molecular formula is C5H10N2. The lowest BCUT2D eigenvalue weighted by molar-refractivity contribution is 0.756. The third kappa shape index (κ3) is 2.09. The Morgan fingerprint density at radius 1 is 1.14 bits per heavy atom. The van der Waals surface area contributed by atoms with Crippen LogP contribution in [0.2, 0.25) is 0 Å². The molecule has 0 aliphatic heterocycles. The Bertz CT molecular complexity index is 74.1. The fraction of sp³-hybridized carbons (Fsp3) is 0.600. The highest BCUT2D eigenvalue weighted by molar-refractivity contribution is 5.84. The standard InChI is InChI=1S/C5H10N2/c1-5(2,3-6)4-7/h3-4,6-7H,1-2H3. The van der Waals surface area contributed by atoms with E-state index in [4.69, 9.17) is 10.8 Å². The molecule has 40 valence electrons. The van der Waals surface area contributed by atoms with Crippen molar-refractivity contribution in [1.29, 1.82) is 10.8 Å². The third-order valence-electron chi connectivity index (χ3n) is 0.744. The average molecular weight is 98.1 g/mol. The molecule has 0 saturated heterocycles. The third-order valence-corrected chi connectivity index (χ3v) is 0.744. The van der Waals surface area contributed by atoms with Gasteiger partial charge >= 0.3 is 0 Å². The summed E-state index contributed by atoms with van der Waals surface area (Å²) in [5.74, 6) is 0. The molecule has 0 rings (SSSR count). The molecule has 0 unspecified atom stereocenters. The van der Waals surface area contributed by atoms with Crippen LogP contribution in [-0.2, 0) is 0 Å². The van der Waals surface area contributed by atoms with Crippen molar-refractivity contribution in [3.05, 3.63) is 0 Å². The van der Waals surface area contributed by atoms with Crippen molar-refractivity contribution in [2.45, 2.75) is 13.8 Å². The highest BCUT2D eigenvalue weighted by Crippen LogP contribution is 2.03. The van der Waals surface area contributed by atoms with Gasteiger partial charge in [0, 0.05) is 17.8 Å². The van der Waals surface area contributed by atoms with Crippen molar-refractivity contribution in [3.8, 4) is 0 Å². The van der Waals surface area contributed by atoms with Crippen LogP contribution in [0.4, 0.5) is 0 Å². The fourth-order valence-corrected chi connectivity index (χ4v) is 0.0417. The molecule has 2 nitrogen and oxygen atoms in total. The van der Waals surface area contributed by atoms with Gasteiger partial charge in [0.25, 0.3) is 0 Å². The Morgan fingerprint density at radius 2 is 1.43 bits per heavy atom. The summed E-state index contributed by atoms with van der Waals surface area (Å²) < 4.78 is 0. The first-order chi connectivity index (χ1) is 3.12. The van der Waals surface area contributed by atoms with Crippen LogP contribution in [0.3, 0.4) is 0 Å². The molecule has 0 amide bonds. The molecule has 0 spiro atoms. The number of hydrogen-bond acceptors (Lipinski definition) is 2. The fourth-order valence-electron chi connectivity index (χ4n) is 0.0417.